The first-order valence-corrected chi connectivity index (χ1v) is 10.5. The van der Waals surface area contributed by atoms with E-state index in [2.05, 4.69) is 34.5 Å². The average Bonchev–Trinajstić information content (AvgIpc) is 3.01. The zero-order valence-electron chi connectivity index (χ0n) is 16.4. The Bertz CT molecular complexity index is 1030. The summed E-state index contributed by atoms with van der Waals surface area (Å²) in [5, 5.41) is 12.6. The fraction of sp³-hybridized carbons (Fsp3) is 0.476. The third-order valence-corrected chi connectivity index (χ3v) is 6.93. The predicted molar refractivity (Wildman–Crippen MR) is 114 cm³/mol. The molecule has 27 heavy (non-hydrogen) atoms. The Morgan fingerprint density at radius 2 is 1.78 bits per heavy atom. The monoisotopic (exact) mass is 384 g/mol. The number of likely N-dealkylation sites (N-methyl/N-ethyl adjacent to an activating group) is 1. The molecule has 1 fully saturated rings. The number of fused-ring (bicyclic) bond motifs is 3. The first-order chi connectivity index (χ1) is 13.1. The minimum atomic E-state index is 0.390. The van der Waals surface area contributed by atoms with Gasteiger partial charge in [-0.05, 0) is 20.4 Å². The highest BCUT2D eigenvalue weighted by Crippen LogP contribution is 2.37. The zero-order chi connectivity index (χ0) is 19.0. The molecule has 0 amide bonds. The Labute approximate surface area is 164 Å². The Morgan fingerprint density at radius 1 is 1.07 bits per heavy atom. The van der Waals surface area contributed by atoms with E-state index in [4.69, 9.17) is 4.99 Å². The van der Waals surface area contributed by atoms with Crippen LogP contribution in [0.25, 0.3) is 21.0 Å². The number of phenols is 1. The summed E-state index contributed by atoms with van der Waals surface area (Å²) >= 11 is 1.68. The van der Waals surface area contributed by atoms with Gasteiger partial charge in [-0.25, -0.2) is 0 Å². The van der Waals surface area contributed by atoms with Crippen LogP contribution in [0.2, 0.25) is 0 Å². The molecular formula is C21H28N4OS. The molecule has 0 spiro atoms. The van der Waals surface area contributed by atoms with E-state index in [0.717, 1.165) is 71.5 Å². The van der Waals surface area contributed by atoms with Crippen LogP contribution in [0.4, 0.5) is 0 Å². The number of phenolic OH excluding ortho intramolecular Hbond substituents is 1. The summed E-state index contributed by atoms with van der Waals surface area (Å²) in [6, 6.07) is 8.08. The van der Waals surface area contributed by atoms with Gasteiger partial charge in [-0.1, -0.05) is 35.6 Å². The van der Waals surface area contributed by atoms with E-state index in [1.807, 2.05) is 25.1 Å². The van der Waals surface area contributed by atoms with Gasteiger partial charge < -0.3 is 19.5 Å². The first kappa shape index (κ1) is 18.5. The van der Waals surface area contributed by atoms with Gasteiger partial charge in [0.05, 0.1) is 10.2 Å². The molecule has 0 radical (unpaired) electrons. The van der Waals surface area contributed by atoms with Crippen molar-refractivity contribution in [3.8, 4) is 5.75 Å². The number of aromatic nitrogens is 1. The van der Waals surface area contributed by atoms with Crippen molar-refractivity contribution in [2.24, 2.45) is 12.0 Å². The summed E-state index contributed by atoms with van der Waals surface area (Å²) in [5.74, 6) is 0.390. The van der Waals surface area contributed by atoms with Crippen LogP contribution in [0.1, 0.15) is 12.0 Å². The maximum absolute atomic E-state index is 10.6. The molecule has 2 aromatic carbocycles. The fourth-order valence-corrected chi connectivity index (χ4v) is 5.06. The van der Waals surface area contributed by atoms with Crippen LogP contribution in [0.5, 0.6) is 5.75 Å². The second-order valence-electron chi connectivity index (χ2n) is 7.52. The quantitative estimate of drug-likeness (QED) is 0.704. The smallest absolute Gasteiger partial charge is 0.185 e. The summed E-state index contributed by atoms with van der Waals surface area (Å²) in [7, 11) is 4.28. The summed E-state index contributed by atoms with van der Waals surface area (Å²) in [6.07, 6.45) is 1.09. The standard InChI is InChI=1S/C21H28N4OS/c1-15-19(26)17-8-5-4-7-16(17)18-20(15)27-21(24(18)3)22-9-6-10-25-13-11-23(2)12-14-25/h4-5,7-8,26H,6,9-14H2,1-3H3. The highest BCUT2D eigenvalue weighted by molar-refractivity contribution is 7.16. The van der Waals surface area contributed by atoms with E-state index in [-0.39, 0.29) is 0 Å². The van der Waals surface area contributed by atoms with Crippen LogP contribution in [0.15, 0.2) is 29.3 Å². The Hall–Kier alpha value is -1.89. The highest BCUT2D eigenvalue weighted by Gasteiger charge is 2.15. The van der Waals surface area contributed by atoms with E-state index < -0.39 is 0 Å². The number of aromatic hydroxyl groups is 1. The Morgan fingerprint density at radius 3 is 2.52 bits per heavy atom. The third-order valence-electron chi connectivity index (χ3n) is 5.64. The molecule has 0 aliphatic carbocycles. The minimum absolute atomic E-state index is 0.390. The van der Waals surface area contributed by atoms with Crippen molar-refractivity contribution in [3.05, 3.63) is 34.6 Å². The summed E-state index contributed by atoms with van der Waals surface area (Å²) < 4.78 is 3.32. The number of benzene rings is 2. The SMILES string of the molecule is Cc1c(O)c2ccccc2c2c1sc(=NCCCN1CCN(C)CC1)n2C. The molecule has 0 unspecified atom stereocenters. The predicted octanol–water partition coefficient (Wildman–Crippen LogP) is 2.95. The molecule has 6 heteroatoms. The topological polar surface area (TPSA) is 44.0 Å². The molecule has 3 aromatic rings. The normalized spacial score (nSPS) is 17.4. The maximum Gasteiger partial charge on any atom is 0.185 e. The van der Waals surface area contributed by atoms with Crippen LogP contribution >= 0.6 is 11.3 Å². The van der Waals surface area contributed by atoms with Crippen molar-refractivity contribution >= 4 is 32.3 Å². The van der Waals surface area contributed by atoms with Crippen molar-refractivity contribution in [3.63, 3.8) is 0 Å². The summed E-state index contributed by atoms with van der Waals surface area (Å²) in [5.41, 5.74) is 2.12. The largest absolute Gasteiger partial charge is 0.507 e. The molecule has 4 rings (SSSR count). The lowest BCUT2D eigenvalue weighted by molar-refractivity contribution is 0.153. The number of aryl methyl sites for hydroxylation is 2. The molecule has 1 aromatic heterocycles. The summed E-state index contributed by atoms with van der Waals surface area (Å²) in [6.45, 7) is 8.62. The number of piperazine rings is 1. The lowest BCUT2D eigenvalue weighted by Crippen LogP contribution is -2.44. The molecular weight excluding hydrogens is 356 g/mol. The van der Waals surface area contributed by atoms with Crippen LogP contribution in [-0.4, -0.2) is 65.8 Å². The number of nitrogens with zero attached hydrogens (tertiary/aromatic N) is 4. The molecule has 0 saturated carbocycles. The second kappa shape index (κ2) is 7.62. The number of hydrogen-bond donors (Lipinski definition) is 1. The van der Waals surface area contributed by atoms with Gasteiger partial charge in [0.25, 0.3) is 0 Å². The molecule has 0 bridgehead atoms. The number of hydrogen-bond acceptors (Lipinski definition) is 5. The number of thiazole rings is 1. The van der Waals surface area contributed by atoms with Crippen molar-refractivity contribution in [2.75, 3.05) is 46.3 Å². The molecule has 5 nitrogen and oxygen atoms in total. The number of rotatable bonds is 4. The minimum Gasteiger partial charge on any atom is -0.507 e. The van der Waals surface area contributed by atoms with Crippen LogP contribution in [0, 0.1) is 6.92 Å². The van der Waals surface area contributed by atoms with E-state index in [1.54, 1.807) is 11.3 Å². The third kappa shape index (κ3) is 3.49. The van der Waals surface area contributed by atoms with E-state index >= 15 is 0 Å². The van der Waals surface area contributed by atoms with Gasteiger partial charge in [0, 0.05) is 62.7 Å². The molecule has 144 valence electrons. The lowest BCUT2D eigenvalue weighted by atomic mass is 10.0. The Kier molecular flexibility index (Phi) is 5.21. The zero-order valence-corrected chi connectivity index (χ0v) is 17.2. The van der Waals surface area contributed by atoms with E-state index in [1.165, 1.54) is 5.52 Å². The molecule has 1 saturated heterocycles. The van der Waals surface area contributed by atoms with Gasteiger partial charge in [0.1, 0.15) is 5.75 Å². The molecule has 1 aliphatic rings. The van der Waals surface area contributed by atoms with Crippen LogP contribution in [0.3, 0.4) is 0 Å². The van der Waals surface area contributed by atoms with E-state index in [0.29, 0.717) is 5.75 Å². The summed E-state index contributed by atoms with van der Waals surface area (Å²) in [4.78, 5) is 10.8. The highest BCUT2D eigenvalue weighted by atomic mass is 32.1. The molecule has 2 heterocycles. The van der Waals surface area contributed by atoms with Gasteiger partial charge in [0.15, 0.2) is 4.80 Å². The average molecular weight is 385 g/mol. The van der Waals surface area contributed by atoms with Gasteiger partial charge in [0.2, 0.25) is 0 Å². The first-order valence-electron chi connectivity index (χ1n) is 9.67. The molecule has 1 N–H and O–H groups in total. The van der Waals surface area contributed by atoms with Crippen molar-refractivity contribution in [2.45, 2.75) is 13.3 Å². The maximum atomic E-state index is 10.6. The van der Waals surface area contributed by atoms with Gasteiger partial charge in [-0.3, -0.25) is 4.99 Å². The van der Waals surface area contributed by atoms with Gasteiger partial charge in [-0.2, -0.15) is 0 Å². The van der Waals surface area contributed by atoms with Gasteiger partial charge in [-0.15, -0.1) is 0 Å². The van der Waals surface area contributed by atoms with E-state index in [9.17, 15) is 5.11 Å². The van der Waals surface area contributed by atoms with Crippen LogP contribution in [-0.2, 0) is 7.05 Å². The fourth-order valence-electron chi connectivity index (χ4n) is 3.90. The van der Waals surface area contributed by atoms with Gasteiger partial charge >= 0.3 is 0 Å². The Balaban J connectivity index is 1.59. The van der Waals surface area contributed by atoms with Crippen LogP contribution < -0.4 is 4.80 Å². The molecule has 1 aliphatic heterocycles. The van der Waals surface area contributed by atoms with Crippen molar-refractivity contribution < 1.29 is 5.11 Å². The molecule has 0 atom stereocenters. The van der Waals surface area contributed by atoms with Crippen molar-refractivity contribution in [1.29, 1.82) is 0 Å². The lowest BCUT2D eigenvalue weighted by Gasteiger charge is -2.32. The van der Waals surface area contributed by atoms with Crippen molar-refractivity contribution in [1.82, 2.24) is 14.4 Å². The second-order valence-corrected chi connectivity index (χ2v) is 8.50.